The van der Waals surface area contributed by atoms with Crippen molar-refractivity contribution in [1.82, 2.24) is 0 Å². The van der Waals surface area contributed by atoms with Crippen molar-refractivity contribution < 1.29 is 9.90 Å². The summed E-state index contributed by atoms with van der Waals surface area (Å²) in [7, 11) is -1.23. The average molecular weight is 236 g/mol. The van der Waals surface area contributed by atoms with E-state index in [2.05, 4.69) is 43.9 Å². The molecule has 1 N–H and O–H groups in total. The molecule has 0 aliphatic carbocycles. The van der Waals surface area contributed by atoms with Crippen molar-refractivity contribution in [3.63, 3.8) is 0 Å². The van der Waals surface area contributed by atoms with Gasteiger partial charge in [-0.05, 0) is 12.0 Å². The molecule has 1 rings (SSSR count). The zero-order valence-electron chi connectivity index (χ0n) is 10.4. The molecule has 0 aromatic heterocycles. The Morgan fingerprint density at radius 3 is 2.12 bits per heavy atom. The largest absolute Gasteiger partial charge is 0.481 e. The Morgan fingerprint density at radius 2 is 1.75 bits per heavy atom. The summed E-state index contributed by atoms with van der Waals surface area (Å²) in [6.07, 6.45) is 0.612. The number of benzene rings is 1. The van der Waals surface area contributed by atoms with E-state index in [1.807, 2.05) is 0 Å². The standard InChI is InChI=1S/C13H20O2Si/c1-10(13(14)15)9-11-5-7-12(8-6-11)16(2,3)4/h5-8,10H,9H2,1-4H3,(H,14,15). The zero-order valence-corrected chi connectivity index (χ0v) is 11.4. The lowest BCUT2D eigenvalue weighted by molar-refractivity contribution is -0.141. The molecular weight excluding hydrogens is 216 g/mol. The van der Waals surface area contributed by atoms with E-state index in [9.17, 15) is 4.79 Å². The van der Waals surface area contributed by atoms with Crippen LogP contribution in [0.15, 0.2) is 24.3 Å². The van der Waals surface area contributed by atoms with Gasteiger partial charge in [-0.15, -0.1) is 0 Å². The molecule has 0 aliphatic heterocycles. The van der Waals surface area contributed by atoms with Gasteiger partial charge in [-0.3, -0.25) is 4.79 Å². The summed E-state index contributed by atoms with van der Waals surface area (Å²) >= 11 is 0. The number of carboxylic acids is 1. The number of carboxylic acid groups (broad SMARTS) is 1. The summed E-state index contributed by atoms with van der Waals surface area (Å²) in [6.45, 7) is 8.67. The quantitative estimate of drug-likeness (QED) is 0.816. The molecule has 88 valence electrons. The summed E-state index contributed by atoms with van der Waals surface area (Å²) in [5, 5.41) is 10.2. The molecule has 3 heteroatoms. The second-order valence-electron chi connectivity index (χ2n) is 5.39. The third-order valence-corrected chi connectivity index (χ3v) is 4.85. The van der Waals surface area contributed by atoms with Gasteiger partial charge >= 0.3 is 5.97 Å². The van der Waals surface area contributed by atoms with Crippen molar-refractivity contribution in [2.24, 2.45) is 5.92 Å². The summed E-state index contributed by atoms with van der Waals surface area (Å²) in [6, 6.07) is 8.42. The Kier molecular flexibility index (Phi) is 3.91. The third-order valence-electron chi connectivity index (χ3n) is 2.78. The molecule has 0 amide bonds. The lowest BCUT2D eigenvalue weighted by Gasteiger charge is -2.17. The van der Waals surface area contributed by atoms with Gasteiger partial charge in [0.05, 0.1) is 14.0 Å². The minimum atomic E-state index is -1.23. The maximum absolute atomic E-state index is 10.7. The minimum Gasteiger partial charge on any atom is -0.481 e. The first kappa shape index (κ1) is 13.0. The highest BCUT2D eigenvalue weighted by Gasteiger charge is 2.16. The van der Waals surface area contributed by atoms with Gasteiger partial charge in [-0.1, -0.05) is 56.0 Å². The molecule has 16 heavy (non-hydrogen) atoms. The van der Waals surface area contributed by atoms with Gasteiger partial charge in [0.2, 0.25) is 0 Å². The number of rotatable bonds is 4. The van der Waals surface area contributed by atoms with Crippen LogP contribution in [0, 0.1) is 5.92 Å². The molecule has 0 spiro atoms. The van der Waals surface area contributed by atoms with E-state index in [0.717, 1.165) is 5.56 Å². The smallest absolute Gasteiger partial charge is 0.306 e. The van der Waals surface area contributed by atoms with Gasteiger partial charge in [0.15, 0.2) is 0 Å². The van der Waals surface area contributed by atoms with Crippen molar-refractivity contribution in [2.75, 3.05) is 0 Å². The van der Waals surface area contributed by atoms with Crippen molar-refractivity contribution >= 4 is 19.2 Å². The first-order valence-corrected chi connectivity index (χ1v) is 9.13. The van der Waals surface area contributed by atoms with Crippen LogP contribution >= 0.6 is 0 Å². The van der Waals surface area contributed by atoms with Gasteiger partial charge in [-0.2, -0.15) is 0 Å². The number of carbonyl (C=O) groups is 1. The van der Waals surface area contributed by atoms with Crippen molar-refractivity contribution in [3.8, 4) is 0 Å². The van der Waals surface area contributed by atoms with Gasteiger partial charge < -0.3 is 5.11 Å². The van der Waals surface area contributed by atoms with E-state index in [4.69, 9.17) is 5.11 Å². The highest BCUT2D eigenvalue weighted by molar-refractivity contribution is 6.88. The van der Waals surface area contributed by atoms with Crippen LogP contribution in [0.1, 0.15) is 12.5 Å². The van der Waals surface area contributed by atoms with Crippen LogP contribution in [0.5, 0.6) is 0 Å². The normalized spacial score (nSPS) is 13.5. The predicted molar refractivity (Wildman–Crippen MR) is 69.9 cm³/mol. The van der Waals surface area contributed by atoms with Crippen molar-refractivity contribution in [1.29, 1.82) is 0 Å². The molecular formula is C13H20O2Si. The first-order chi connectivity index (χ1) is 7.30. The number of hydrogen-bond acceptors (Lipinski definition) is 1. The van der Waals surface area contributed by atoms with Gasteiger partial charge in [-0.25, -0.2) is 0 Å². The molecule has 0 bridgehead atoms. The Bertz CT molecular complexity index is 363. The molecule has 0 saturated carbocycles. The summed E-state index contributed by atoms with van der Waals surface area (Å²) < 4.78 is 0. The van der Waals surface area contributed by atoms with Crippen LogP contribution in [-0.4, -0.2) is 19.1 Å². The summed E-state index contributed by atoms with van der Waals surface area (Å²) in [5.41, 5.74) is 1.11. The molecule has 0 saturated heterocycles. The molecule has 0 radical (unpaired) electrons. The first-order valence-electron chi connectivity index (χ1n) is 5.63. The lowest BCUT2D eigenvalue weighted by atomic mass is 10.0. The van der Waals surface area contributed by atoms with Crippen LogP contribution < -0.4 is 5.19 Å². The average Bonchev–Trinajstić information content (AvgIpc) is 2.17. The van der Waals surface area contributed by atoms with E-state index in [1.165, 1.54) is 5.19 Å². The molecule has 2 nitrogen and oxygen atoms in total. The van der Waals surface area contributed by atoms with E-state index in [0.29, 0.717) is 6.42 Å². The fourth-order valence-corrected chi connectivity index (χ4v) is 2.75. The fourth-order valence-electron chi connectivity index (χ4n) is 1.58. The highest BCUT2D eigenvalue weighted by atomic mass is 28.3. The van der Waals surface area contributed by atoms with Crippen LogP contribution in [0.2, 0.25) is 19.6 Å². The Labute approximate surface area is 98.3 Å². The maximum atomic E-state index is 10.7. The van der Waals surface area contributed by atoms with Crippen LogP contribution in [0.25, 0.3) is 0 Å². The molecule has 1 unspecified atom stereocenters. The molecule has 0 aliphatic rings. The Balaban J connectivity index is 2.76. The van der Waals surface area contributed by atoms with Crippen molar-refractivity contribution in [3.05, 3.63) is 29.8 Å². The zero-order chi connectivity index (χ0) is 12.3. The van der Waals surface area contributed by atoms with Gasteiger partial charge in [0, 0.05) is 0 Å². The van der Waals surface area contributed by atoms with E-state index in [-0.39, 0.29) is 5.92 Å². The topological polar surface area (TPSA) is 37.3 Å². The van der Waals surface area contributed by atoms with Crippen LogP contribution in [0.4, 0.5) is 0 Å². The van der Waals surface area contributed by atoms with E-state index >= 15 is 0 Å². The fraction of sp³-hybridized carbons (Fsp3) is 0.462. The molecule has 1 atom stereocenters. The minimum absolute atomic E-state index is 0.308. The van der Waals surface area contributed by atoms with Crippen molar-refractivity contribution in [2.45, 2.75) is 33.0 Å². The molecule has 0 fully saturated rings. The highest BCUT2D eigenvalue weighted by Crippen LogP contribution is 2.09. The maximum Gasteiger partial charge on any atom is 0.306 e. The second-order valence-corrected chi connectivity index (χ2v) is 10.5. The lowest BCUT2D eigenvalue weighted by Crippen LogP contribution is -2.37. The third kappa shape index (κ3) is 3.49. The van der Waals surface area contributed by atoms with Gasteiger partial charge in [0.1, 0.15) is 0 Å². The Morgan fingerprint density at radius 1 is 1.25 bits per heavy atom. The van der Waals surface area contributed by atoms with E-state index in [1.54, 1.807) is 6.92 Å². The molecule has 1 aromatic rings. The number of hydrogen-bond donors (Lipinski definition) is 1. The van der Waals surface area contributed by atoms with Gasteiger partial charge in [0.25, 0.3) is 0 Å². The molecule has 0 heterocycles. The summed E-state index contributed by atoms with van der Waals surface area (Å²) in [4.78, 5) is 10.7. The predicted octanol–water partition coefficient (Wildman–Crippen LogP) is 2.50. The monoisotopic (exact) mass is 236 g/mol. The second kappa shape index (κ2) is 4.83. The van der Waals surface area contributed by atoms with Crippen LogP contribution in [0.3, 0.4) is 0 Å². The summed E-state index contributed by atoms with van der Waals surface area (Å²) in [5.74, 6) is -1.04. The van der Waals surface area contributed by atoms with Crippen LogP contribution in [-0.2, 0) is 11.2 Å². The number of aliphatic carboxylic acids is 1. The molecule has 1 aromatic carbocycles. The Hall–Kier alpha value is -1.09. The van der Waals surface area contributed by atoms with E-state index < -0.39 is 14.0 Å². The SMILES string of the molecule is CC(Cc1ccc([Si](C)(C)C)cc1)C(=O)O.